The van der Waals surface area contributed by atoms with Gasteiger partial charge in [-0.2, -0.15) is 0 Å². The van der Waals surface area contributed by atoms with Gasteiger partial charge in [-0.05, 0) is 50.2 Å². The minimum atomic E-state index is -0.792. The predicted molar refractivity (Wildman–Crippen MR) is 202 cm³/mol. The standard InChI is InChI=1S/C36H49ClN8O7S/c1-22-4-3-5-27(37)31(22)43-35(49)28-21-39-36(53-28)42-29-20-30(41-23(2)40-29)45-9-7-44(8-10-45)11-13-51-15-17-52-16-14-50-12-6-38-34(48)26-19-24-18-25(26)33(47)32(24)46/h3-5,20-21,24-26,32-33,46-47H,6-19H2,1-2H3,(H,38,48)(H,43,49)(H,39,40,41,42). The van der Waals surface area contributed by atoms with Gasteiger partial charge in [-0.3, -0.25) is 14.5 Å². The van der Waals surface area contributed by atoms with Gasteiger partial charge in [-0.1, -0.05) is 35.1 Å². The minimum absolute atomic E-state index is 0.0287. The number of amides is 2. The average Bonchev–Trinajstić information content (AvgIpc) is 3.87. The van der Waals surface area contributed by atoms with Crippen LogP contribution in [-0.4, -0.2) is 133 Å². The van der Waals surface area contributed by atoms with Crippen molar-refractivity contribution in [1.82, 2.24) is 25.2 Å². The summed E-state index contributed by atoms with van der Waals surface area (Å²) in [6, 6.07) is 7.38. The number of hydrogen-bond donors (Lipinski definition) is 5. The molecule has 5 atom stereocenters. The smallest absolute Gasteiger partial charge is 0.267 e. The van der Waals surface area contributed by atoms with Crippen LogP contribution in [0, 0.1) is 31.6 Å². The molecule has 1 aliphatic heterocycles. The Morgan fingerprint density at radius 1 is 0.962 bits per heavy atom. The van der Waals surface area contributed by atoms with Crippen molar-refractivity contribution in [1.29, 1.82) is 0 Å². The van der Waals surface area contributed by atoms with Gasteiger partial charge >= 0.3 is 0 Å². The van der Waals surface area contributed by atoms with Crippen LogP contribution in [0.15, 0.2) is 30.5 Å². The zero-order chi connectivity index (χ0) is 37.3. The Bertz CT molecular complexity index is 1670. The minimum Gasteiger partial charge on any atom is -0.390 e. The monoisotopic (exact) mass is 772 g/mol. The Morgan fingerprint density at radius 2 is 1.70 bits per heavy atom. The second kappa shape index (κ2) is 18.7. The van der Waals surface area contributed by atoms with E-state index in [0.717, 1.165) is 50.5 Å². The van der Waals surface area contributed by atoms with Crippen molar-refractivity contribution in [3.05, 3.63) is 51.7 Å². The number of para-hydroxylation sites is 1. The zero-order valence-electron chi connectivity index (χ0n) is 30.1. The molecule has 2 aromatic heterocycles. The Morgan fingerprint density at radius 3 is 2.42 bits per heavy atom. The Labute approximate surface area is 318 Å². The van der Waals surface area contributed by atoms with E-state index in [4.69, 9.17) is 25.8 Å². The molecule has 1 saturated heterocycles. The first-order chi connectivity index (χ1) is 25.7. The van der Waals surface area contributed by atoms with Crippen LogP contribution in [0.4, 0.5) is 22.5 Å². The van der Waals surface area contributed by atoms with Crippen LogP contribution in [-0.2, 0) is 19.0 Å². The number of fused-ring (bicyclic) bond motifs is 2. The van der Waals surface area contributed by atoms with Crippen LogP contribution in [0.5, 0.6) is 0 Å². The molecule has 5 N–H and O–H groups in total. The van der Waals surface area contributed by atoms with E-state index in [0.29, 0.717) is 85.0 Å². The molecule has 53 heavy (non-hydrogen) atoms. The summed E-state index contributed by atoms with van der Waals surface area (Å²) in [7, 11) is 0. The van der Waals surface area contributed by atoms with Gasteiger partial charge in [0.2, 0.25) is 5.91 Å². The number of carbonyl (C=O) groups excluding carboxylic acids is 2. The second-order valence-corrected chi connectivity index (χ2v) is 15.1. The van der Waals surface area contributed by atoms with E-state index >= 15 is 0 Å². The number of nitrogens with zero attached hydrogens (tertiary/aromatic N) is 5. The number of anilines is 4. The fourth-order valence-electron chi connectivity index (χ4n) is 7.20. The summed E-state index contributed by atoms with van der Waals surface area (Å²) in [5.74, 6) is 1.40. The molecule has 3 aliphatic rings. The molecule has 1 aromatic carbocycles. The first kappa shape index (κ1) is 39.2. The summed E-state index contributed by atoms with van der Waals surface area (Å²) >= 11 is 7.51. The van der Waals surface area contributed by atoms with E-state index in [1.54, 1.807) is 6.07 Å². The maximum absolute atomic E-state index is 12.9. The Hall–Kier alpha value is -3.48. The topological polar surface area (TPSA) is 184 Å². The number of aliphatic hydroxyl groups excluding tert-OH is 2. The molecular formula is C36H49ClN8O7S. The van der Waals surface area contributed by atoms with Crippen molar-refractivity contribution >= 4 is 57.2 Å². The lowest BCUT2D eigenvalue weighted by Crippen LogP contribution is -2.47. The molecule has 3 aromatic rings. The number of piperazine rings is 1. The molecule has 5 unspecified atom stereocenters. The maximum atomic E-state index is 12.9. The van der Waals surface area contributed by atoms with Crippen LogP contribution < -0.4 is 20.9 Å². The number of hydrogen-bond acceptors (Lipinski definition) is 14. The molecule has 3 heterocycles. The van der Waals surface area contributed by atoms with Crippen LogP contribution in [0.1, 0.15) is 33.9 Å². The Kier molecular flexibility index (Phi) is 13.8. The number of aryl methyl sites for hydroxylation is 2. The van der Waals surface area contributed by atoms with Crippen molar-refractivity contribution in [2.45, 2.75) is 38.9 Å². The van der Waals surface area contributed by atoms with E-state index in [2.05, 4.69) is 40.7 Å². The molecule has 2 amide bonds. The number of nitrogens with one attached hydrogen (secondary N) is 3. The van der Waals surface area contributed by atoms with E-state index in [1.807, 2.05) is 32.0 Å². The van der Waals surface area contributed by atoms with Crippen LogP contribution in [0.3, 0.4) is 0 Å². The second-order valence-electron chi connectivity index (χ2n) is 13.6. The van der Waals surface area contributed by atoms with E-state index in [9.17, 15) is 19.8 Å². The molecule has 6 rings (SSSR count). The first-order valence-corrected chi connectivity index (χ1v) is 19.3. The molecule has 2 aliphatic carbocycles. The molecule has 2 bridgehead atoms. The normalized spacial score (nSPS) is 22.7. The van der Waals surface area contributed by atoms with Gasteiger partial charge in [-0.15, -0.1) is 0 Å². The largest absolute Gasteiger partial charge is 0.390 e. The van der Waals surface area contributed by atoms with Gasteiger partial charge in [0.25, 0.3) is 5.91 Å². The van der Waals surface area contributed by atoms with Crippen molar-refractivity contribution in [3.8, 4) is 0 Å². The van der Waals surface area contributed by atoms with Crippen molar-refractivity contribution in [2.24, 2.45) is 17.8 Å². The van der Waals surface area contributed by atoms with E-state index in [1.165, 1.54) is 17.5 Å². The first-order valence-electron chi connectivity index (χ1n) is 18.2. The van der Waals surface area contributed by atoms with Crippen molar-refractivity contribution < 1.29 is 34.0 Å². The lowest BCUT2D eigenvalue weighted by Gasteiger charge is -2.35. The zero-order valence-corrected chi connectivity index (χ0v) is 31.7. The molecule has 0 radical (unpaired) electrons. The molecule has 0 spiro atoms. The van der Waals surface area contributed by atoms with E-state index in [-0.39, 0.29) is 29.6 Å². The van der Waals surface area contributed by atoms with Crippen LogP contribution in [0.25, 0.3) is 0 Å². The van der Waals surface area contributed by atoms with Crippen molar-refractivity contribution in [2.75, 3.05) is 94.4 Å². The summed E-state index contributed by atoms with van der Waals surface area (Å²) in [5.41, 5.74) is 1.47. The number of carbonyl (C=O) groups is 2. The summed E-state index contributed by atoms with van der Waals surface area (Å²) in [4.78, 5) is 43.9. The van der Waals surface area contributed by atoms with E-state index < -0.39 is 12.2 Å². The van der Waals surface area contributed by atoms with Gasteiger partial charge in [0.1, 0.15) is 22.3 Å². The quantitative estimate of drug-likeness (QED) is 0.119. The summed E-state index contributed by atoms with van der Waals surface area (Å²) in [6.07, 6.45) is 1.41. The lowest BCUT2D eigenvalue weighted by atomic mass is 9.84. The Balaban J connectivity index is 0.805. The highest BCUT2D eigenvalue weighted by Gasteiger charge is 2.53. The molecule has 3 fully saturated rings. The van der Waals surface area contributed by atoms with Gasteiger partial charge in [-0.25, -0.2) is 15.0 Å². The van der Waals surface area contributed by atoms with Crippen LogP contribution >= 0.6 is 22.9 Å². The SMILES string of the molecule is Cc1nc(Nc2ncc(C(=O)Nc3c(C)cccc3Cl)s2)cc(N2CCN(CCOCCOCCOCCNC(=O)C3CC4CC3C(O)C4O)CC2)n1. The number of aliphatic hydroxyl groups is 2. The highest BCUT2D eigenvalue weighted by atomic mass is 35.5. The molecule has 288 valence electrons. The third-order valence-corrected chi connectivity index (χ3v) is 11.3. The summed E-state index contributed by atoms with van der Waals surface area (Å²) < 4.78 is 16.9. The third-order valence-electron chi connectivity index (χ3n) is 10.0. The van der Waals surface area contributed by atoms with Gasteiger partial charge in [0.15, 0.2) is 5.13 Å². The van der Waals surface area contributed by atoms with Gasteiger partial charge in [0.05, 0.1) is 68.8 Å². The number of halogens is 1. The van der Waals surface area contributed by atoms with Gasteiger partial charge < -0.3 is 45.3 Å². The van der Waals surface area contributed by atoms with Gasteiger partial charge in [0, 0.05) is 51.3 Å². The average molecular weight is 773 g/mol. The number of benzene rings is 1. The maximum Gasteiger partial charge on any atom is 0.267 e. The fourth-order valence-corrected chi connectivity index (χ4v) is 8.19. The summed E-state index contributed by atoms with van der Waals surface area (Å²) in [6.45, 7) is 11.2. The number of ether oxygens (including phenoxy) is 3. The fraction of sp³-hybridized carbons (Fsp3) is 0.583. The molecule has 17 heteroatoms. The highest BCUT2D eigenvalue weighted by Crippen LogP contribution is 2.48. The molecule has 15 nitrogen and oxygen atoms in total. The highest BCUT2D eigenvalue weighted by molar-refractivity contribution is 7.17. The molecule has 2 saturated carbocycles. The number of rotatable bonds is 18. The third kappa shape index (κ3) is 10.4. The lowest BCUT2D eigenvalue weighted by molar-refractivity contribution is -0.130. The van der Waals surface area contributed by atoms with Crippen molar-refractivity contribution in [3.63, 3.8) is 0 Å². The number of aromatic nitrogens is 3. The summed E-state index contributed by atoms with van der Waals surface area (Å²) in [5, 5.41) is 30.0. The molecular weight excluding hydrogens is 724 g/mol. The number of thiazole rings is 1. The predicted octanol–water partition coefficient (Wildman–Crippen LogP) is 2.87. The van der Waals surface area contributed by atoms with Crippen LogP contribution in [0.2, 0.25) is 5.02 Å².